The van der Waals surface area contributed by atoms with E-state index in [-0.39, 0.29) is 28.3 Å². The molecule has 0 spiro atoms. The van der Waals surface area contributed by atoms with Gasteiger partial charge in [0, 0.05) is 6.04 Å². The van der Waals surface area contributed by atoms with Gasteiger partial charge in [0.15, 0.2) is 11.5 Å². The van der Waals surface area contributed by atoms with Crippen molar-refractivity contribution in [2.75, 3.05) is 0 Å². The number of carbonyl (C=O) groups is 1. The molecule has 1 aromatic carbocycles. The first-order valence-corrected chi connectivity index (χ1v) is 6.79. The van der Waals surface area contributed by atoms with E-state index >= 15 is 0 Å². The number of aromatic hydroxyl groups is 2. The second-order valence-corrected chi connectivity index (χ2v) is 5.82. The highest BCUT2D eigenvalue weighted by molar-refractivity contribution is 6.35. The van der Waals surface area contributed by atoms with Gasteiger partial charge in [-0.2, -0.15) is 0 Å². The summed E-state index contributed by atoms with van der Waals surface area (Å²) in [4.78, 5) is 12.0. The van der Waals surface area contributed by atoms with Gasteiger partial charge < -0.3 is 15.5 Å². The molecule has 3 N–H and O–H groups in total. The monoisotopic (exact) mass is 283 g/mol. The summed E-state index contributed by atoms with van der Waals surface area (Å²) in [5.41, 5.74) is 0.185. The summed E-state index contributed by atoms with van der Waals surface area (Å²) < 4.78 is 0. The maximum Gasteiger partial charge on any atom is 0.253 e. The molecule has 1 amide bonds. The molecule has 0 heterocycles. The topological polar surface area (TPSA) is 69.6 Å². The van der Waals surface area contributed by atoms with Crippen LogP contribution in [0.1, 0.15) is 37.0 Å². The van der Waals surface area contributed by atoms with Crippen molar-refractivity contribution in [2.24, 2.45) is 11.8 Å². The normalized spacial score (nSPS) is 22.1. The zero-order valence-electron chi connectivity index (χ0n) is 11.0. The Bertz CT molecular complexity index is 496. The maximum atomic E-state index is 12.0. The number of rotatable bonds is 3. The molecule has 5 heteroatoms. The fraction of sp³-hybridized carbons (Fsp3) is 0.500. The molecule has 104 valence electrons. The quantitative estimate of drug-likeness (QED) is 0.747. The van der Waals surface area contributed by atoms with Gasteiger partial charge in [0.2, 0.25) is 0 Å². The second kappa shape index (κ2) is 5.29. The lowest BCUT2D eigenvalue weighted by Crippen LogP contribution is -2.45. The summed E-state index contributed by atoms with van der Waals surface area (Å²) in [7, 11) is 0. The van der Waals surface area contributed by atoms with Crippen molar-refractivity contribution in [1.82, 2.24) is 5.32 Å². The molecule has 1 fully saturated rings. The van der Waals surface area contributed by atoms with E-state index in [9.17, 15) is 15.0 Å². The molecular weight excluding hydrogens is 266 g/mol. The van der Waals surface area contributed by atoms with E-state index in [2.05, 4.69) is 19.2 Å². The first-order valence-electron chi connectivity index (χ1n) is 6.41. The summed E-state index contributed by atoms with van der Waals surface area (Å²) in [6.45, 7) is 4.36. The van der Waals surface area contributed by atoms with Crippen LogP contribution in [0.5, 0.6) is 11.5 Å². The highest BCUT2D eigenvalue weighted by atomic mass is 35.5. The van der Waals surface area contributed by atoms with E-state index in [0.717, 1.165) is 12.8 Å². The standard InChI is InChI=1S/C14H18ClNO3/c1-7(2)8-5-9(6-8)16-14(19)10-3-4-11(17)13(18)12(10)15/h3-4,7-9,17-18H,5-6H2,1-2H3,(H,16,19). The molecule has 0 bridgehead atoms. The number of hydrogen-bond acceptors (Lipinski definition) is 3. The van der Waals surface area contributed by atoms with Gasteiger partial charge in [-0.25, -0.2) is 0 Å². The Balaban J connectivity index is 2.00. The van der Waals surface area contributed by atoms with Crippen LogP contribution in [0.2, 0.25) is 5.02 Å². The Labute approximate surface area is 117 Å². The minimum atomic E-state index is -0.456. The molecule has 19 heavy (non-hydrogen) atoms. The van der Waals surface area contributed by atoms with Crippen molar-refractivity contribution < 1.29 is 15.0 Å². The van der Waals surface area contributed by atoms with E-state index in [4.69, 9.17) is 11.6 Å². The zero-order chi connectivity index (χ0) is 14.2. The number of carbonyl (C=O) groups excluding carboxylic acids is 1. The lowest BCUT2D eigenvalue weighted by Gasteiger charge is -2.38. The number of amides is 1. The molecule has 0 aliphatic heterocycles. The fourth-order valence-corrected chi connectivity index (χ4v) is 2.56. The van der Waals surface area contributed by atoms with E-state index < -0.39 is 5.75 Å². The Kier molecular flexibility index (Phi) is 3.90. The van der Waals surface area contributed by atoms with Crippen molar-refractivity contribution in [3.8, 4) is 11.5 Å². The molecule has 0 aromatic heterocycles. The molecular formula is C14H18ClNO3. The maximum absolute atomic E-state index is 12.0. The first-order chi connectivity index (χ1) is 8.90. The number of nitrogens with one attached hydrogen (secondary N) is 1. The minimum Gasteiger partial charge on any atom is -0.504 e. The van der Waals surface area contributed by atoms with Crippen molar-refractivity contribution in [2.45, 2.75) is 32.7 Å². The summed E-state index contributed by atoms with van der Waals surface area (Å²) in [5.74, 6) is 0.198. The third kappa shape index (κ3) is 2.78. The number of phenols is 2. The molecule has 2 rings (SSSR count). The Morgan fingerprint density at radius 3 is 2.58 bits per heavy atom. The summed E-state index contributed by atoms with van der Waals surface area (Å²) >= 11 is 5.85. The van der Waals surface area contributed by atoms with Gasteiger partial charge in [-0.3, -0.25) is 4.79 Å². The smallest absolute Gasteiger partial charge is 0.253 e. The highest BCUT2D eigenvalue weighted by Crippen LogP contribution is 2.37. The predicted molar refractivity (Wildman–Crippen MR) is 73.6 cm³/mol. The van der Waals surface area contributed by atoms with E-state index in [1.165, 1.54) is 12.1 Å². The molecule has 1 aromatic rings. The van der Waals surface area contributed by atoms with E-state index in [1.807, 2.05) is 0 Å². The summed E-state index contributed by atoms with van der Waals surface area (Å²) in [5, 5.41) is 21.5. The highest BCUT2D eigenvalue weighted by Gasteiger charge is 2.32. The van der Waals surface area contributed by atoms with Crippen molar-refractivity contribution >= 4 is 17.5 Å². The Hall–Kier alpha value is -1.42. The first kappa shape index (κ1) is 14.0. The zero-order valence-corrected chi connectivity index (χ0v) is 11.7. The summed E-state index contributed by atoms with van der Waals surface area (Å²) in [6, 6.07) is 2.84. The number of hydrogen-bond donors (Lipinski definition) is 3. The predicted octanol–water partition coefficient (Wildman–Crippen LogP) is 2.92. The van der Waals surface area contributed by atoms with Crippen LogP contribution in [0.3, 0.4) is 0 Å². The Morgan fingerprint density at radius 2 is 2.00 bits per heavy atom. The van der Waals surface area contributed by atoms with Gasteiger partial charge in [0.05, 0.1) is 10.6 Å². The van der Waals surface area contributed by atoms with Crippen LogP contribution in [0.4, 0.5) is 0 Å². The van der Waals surface area contributed by atoms with Gasteiger partial charge >= 0.3 is 0 Å². The lowest BCUT2D eigenvalue weighted by molar-refractivity contribution is 0.0863. The molecule has 0 saturated heterocycles. The minimum absolute atomic E-state index is 0.114. The molecule has 4 nitrogen and oxygen atoms in total. The molecule has 1 aliphatic carbocycles. The van der Waals surface area contributed by atoms with Crippen molar-refractivity contribution in [1.29, 1.82) is 0 Å². The molecule has 1 aliphatic rings. The van der Waals surface area contributed by atoms with Gasteiger partial charge in [-0.1, -0.05) is 25.4 Å². The third-order valence-electron chi connectivity index (χ3n) is 3.79. The molecule has 0 radical (unpaired) electrons. The van der Waals surface area contributed by atoms with E-state index in [1.54, 1.807) is 0 Å². The van der Waals surface area contributed by atoms with E-state index in [0.29, 0.717) is 11.8 Å². The lowest BCUT2D eigenvalue weighted by atomic mass is 9.73. The average Bonchev–Trinajstić information content (AvgIpc) is 2.29. The van der Waals surface area contributed by atoms with Crippen LogP contribution in [0.25, 0.3) is 0 Å². The SMILES string of the molecule is CC(C)C1CC(NC(=O)c2ccc(O)c(O)c2Cl)C1. The molecule has 0 atom stereocenters. The molecule has 0 unspecified atom stereocenters. The van der Waals surface area contributed by atoms with Crippen LogP contribution in [-0.2, 0) is 0 Å². The average molecular weight is 284 g/mol. The third-order valence-corrected chi connectivity index (χ3v) is 4.17. The largest absolute Gasteiger partial charge is 0.504 e. The van der Waals surface area contributed by atoms with Crippen LogP contribution in [0, 0.1) is 11.8 Å². The number of halogens is 1. The Morgan fingerprint density at radius 1 is 1.37 bits per heavy atom. The molecule has 1 saturated carbocycles. The van der Waals surface area contributed by atoms with Gasteiger partial charge in [0.1, 0.15) is 0 Å². The number of phenolic OH excluding ortho intramolecular Hbond substituents is 2. The fourth-order valence-electron chi connectivity index (χ4n) is 2.32. The number of benzene rings is 1. The second-order valence-electron chi connectivity index (χ2n) is 5.44. The summed E-state index contributed by atoms with van der Waals surface area (Å²) in [6.07, 6.45) is 1.95. The van der Waals surface area contributed by atoms with Crippen molar-refractivity contribution in [3.05, 3.63) is 22.7 Å². The van der Waals surface area contributed by atoms with Crippen LogP contribution >= 0.6 is 11.6 Å². The van der Waals surface area contributed by atoms with Gasteiger partial charge in [-0.05, 0) is 36.8 Å². The van der Waals surface area contributed by atoms with Crippen LogP contribution < -0.4 is 5.32 Å². The van der Waals surface area contributed by atoms with Crippen LogP contribution in [-0.4, -0.2) is 22.2 Å². The van der Waals surface area contributed by atoms with Crippen LogP contribution in [0.15, 0.2) is 12.1 Å². The van der Waals surface area contributed by atoms with Crippen molar-refractivity contribution in [3.63, 3.8) is 0 Å². The van der Waals surface area contributed by atoms with Gasteiger partial charge in [0.25, 0.3) is 5.91 Å². The van der Waals surface area contributed by atoms with Gasteiger partial charge in [-0.15, -0.1) is 0 Å².